The molecule has 0 radical (unpaired) electrons. The SMILES string of the molecule is O=C(Nc1ccccc1)OCC1CCCCN1. The van der Waals surface area contributed by atoms with Crippen molar-refractivity contribution in [2.24, 2.45) is 0 Å². The van der Waals surface area contributed by atoms with Crippen LogP contribution in [0.2, 0.25) is 0 Å². The van der Waals surface area contributed by atoms with Gasteiger partial charge in [0, 0.05) is 11.7 Å². The monoisotopic (exact) mass is 234 g/mol. The van der Waals surface area contributed by atoms with E-state index in [4.69, 9.17) is 4.74 Å². The highest BCUT2D eigenvalue weighted by Crippen LogP contribution is 2.08. The van der Waals surface area contributed by atoms with E-state index in [1.54, 1.807) is 0 Å². The number of hydrogen-bond acceptors (Lipinski definition) is 3. The van der Waals surface area contributed by atoms with Gasteiger partial charge in [0.15, 0.2) is 0 Å². The zero-order chi connectivity index (χ0) is 11.9. The molecule has 1 aliphatic heterocycles. The first-order chi connectivity index (χ1) is 8.34. The fraction of sp³-hybridized carbons (Fsp3) is 0.462. The van der Waals surface area contributed by atoms with Crippen molar-refractivity contribution >= 4 is 11.8 Å². The third-order valence-electron chi connectivity index (χ3n) is 2.85. The predicted molar refractivity (Wildman–Crippen MR) is 67.1 cm³/mol. The Hall–Kier alpha value is -1.55. The van der Waals surface area contributed by atoms with Crippen LogP contribution in [0.5, 0.6) is 0 Å². The van der Waals surface area contributed by atoms with Crippen LogP contribution in [0.4, 0.5) is 10.5 Å². The standard InChI is InChI=1S/C13H18N2O2/c16-13(15-11-6-2-1-3-7-11)17-10-12-8-4-5-9-14-12/h1-3,6-7,12,14H,4-5,8-10H2,(H,15,16). The minimum atomic E-state index is -0.386. The van der Waals surface area contributed by atoms with Crippen molar-refractivity contribution in [2.45, 2.75) is 25.3 Å². The Morgan fingerprint density at radius 3 is 2.88 bits per heavy atom. The van der Waals surface area contributed by atoms with Gasteiger partial charge in [0.2, 0.25) is 0 Å². The topological polar surface area (TPSA) is 50.4 Å². The Morgan fingerprint density at radius 1 is 1.35 bits per heavy atom. The van der Waals surface area contributed by atoms with Crippen LogP contribution in [0, 0.1) is 0 Å². The number of rotatable bonds is 3. The lowest BCUT2D eigenvalue weighted by Crippen LogP contribution is -2.38. The number of benzene rings is 1. The first-order valence-electron chi connectivity index (χ1n) is 6.07. The third kappa shape index (κ3) is 4.07. The summed E-state index contributed by atoms with van der Waals surface area (Å²) < 4.78 is 5.17. The molecule has 1 saturated heterocycles. The second kappa shape index (κ2) is 6.25. The summed E-state index contributed by atoms with van der Waals surface area (Å²) in [4.78, 5) is 11.5. The van der Waals surface area contributed by atoms with E-state index in [2.05, 4.69) is 10.6 Å². The van der Waals surface area contributed by atoms with E-state index in [1.807, 2.05) is 30.3 Å². The Labute approximate surface area is 101 Å². The van der Waals surface area contributed by atoms with E-state index in [0.29, 0.717) is 12.6 Å². The van der Waals surface area contributed by atoms with Gasteiger partial charge in [-0.25, -0.2) is 4.79 Å². The summed E-state index contributed by atoms with van der Waals surface area (Å²) in [5, 5.41) is 6.03. The largest absolute Gasteiger partial charge is 0.448 e. The number of anilines is 1. The van der Waals surface area contributed by atoms with Gasteiger partial charge in [0.1, 0.15) is 6.61 Å². The van der Waals surface area contributed by atoms with E-state index in [-0.39, 0.29) is 6.09 Å². The normalized spacial score (nSPS) is 19.6. The smallest absolute Gasteiger partial charge is 0.411 e. The van der Waals surface area contributed by atoms with Gasteiger partial charge in [-0.3, -0.25) is 5.32 Å². The molecule has 2 N–H and O–H groups in total. The molecule has 0 bridgehead atoms. The zero-order valence-electron chi connectivity index (χ0n) is 9.82. The van der Waals surface area contributed by atoms with E-state index in [9.17, 15) is 4.79 Å². The average molecular weight is 234 g/mol. The fourth-order valence-corrected chi connectivity index (χ4v) is 1.92. The minimum absolute atomic E-state index is 0.310. The molecule has 17 heavy (non-hydrogen) atoms. The average Bonchev–Trinajstić information content (AvgIpc) is 2.39. The van der Waals surface area contributed by atoms with E-state index in [0.717, 1.165) is 18.7 Å². The summed E-state index contributed by atoms with van der Waals surface area (Å²) in [5.74, 6) is 0. The molecule has 4 heteroatoms. The Balaban J connectivity index is 1.70. The number of para-hydroxylation sites is 1. The molecular weight excluding hydrogens is 216 g/mol. The van der Waals surface area contributed by atoms with E-state index < -0.39 is 0 Å². The molecule has 1 heterocycles. The first kappa shape index (κ1) is 11.9. The molecule has 1 aliphatic rings. The molecule has 2 rings (SSSR count). The predicted octanol–water partition coefficient (Wildman–Crippen LogP) is 2.38. The molecule has 1 atom stereocenters. The number of nitrogens with one attached hydrogen (secondary N) is 2. The van der Waals surface area contributed by atoms with Crippen LogP contribution in [0.3, 0.4) is 0 Å². The van der Waals surface area contributed by atoms with Crippen molar-refractivity contribution in [1.29, 1.82) is 0 Å². The van der Waals surface area contributed by atoms with Gasteiger partial charge in [0.05, 0.1) is 0 Å². The van der Waals surface area contributed by atoms with Crippen molar-refractivity contribution in [3.05, 3.63) is 30.3 Å². The van der Waals surface area contributed by atoms with E-state index >= 15 is 0 Å². The van der Waals surface area contributed by atoms with Crippen molar-refractivity contribution in [3.8, 4) is 0 Å². The molecule has 0 aliphatic carbocycles. The molecule has 0 spiro atoms. The second-order valence-corrected chi connectivity index (χ2v) is 4.24. The summed E-state index contributed by atoms with van der Waals surface area (Å²) in [5.41, 5.74) is 0.758. The van der Waals surface area contributed by atoms with Crippen molar-refractivity contribution in [1.82, 2.24) is 5.32 Å². The second-order valence-electron chi connectivity index (χ2n) is 4.24. The fourth-order valence-electron chi connectivity index (χ4n) is 1.92. The molecule has 92 valence electrons. The maximum atomic E-state index is 11.5. The van der Waals surface area contributed by atoms with Gasteiger partial charge in [0.25, 0.3) is 0 Å². The molecule has 1 unspecified atom stereocenters. The summed E-state index contributed by atoms with van der Waals surface area (Å²) in [6.07, 6.45) is 3.12. The van der Waals surface area contributed by atoms with Crippen molar-refractivity contribution in [3.63, 3.8) is 0 Å². The molecule has 1 fully saturated rings. The summed E-state index contributed by atoms with van der Waals surface area (Å²) >= 11 is 0. The lowest BCUT2D eigenvalue weighted by molar-refractivity contribution is 0.141. The number of carbonyl (C=O) groups is 1. The van der Waals surface area contributed by atoms with Gasteiger partial charge >= 0.3 is 6.09 Å². The van der Waals surface area contributed by atoms with Crippen LogP contribution < -0.4 is 10.6 Å². The van der Waals surface area contributed by atoms with Crippen LogP contribution >= 0.6 is 0 Å². The first-order valence-corrected chi connectivity index (χ1v) is 6.07. The maximum absolute atomic E-state index is 11.5. The highest BCUT2D eigenvalue weighted by molar-refractivity contribution is 5.84. The van der Waals surface area contributed by atoms with Crippen LogP contribution in [0.25, 0.3) is 0 Å². The number of ether oxygens (including phenoxy) is 1. The number of amides is 1. The van der Waals surface area contributed by atoms with Gasteiger partial charge in [-0.2, -0.15) is 0 Å². The third-order valence-corrected chi connectivity index (χ3v) is 2.85. The Kier molecular flexibility index (Phi) is 4.38. The highest BCUT2D eigenvalue weighted by Gasteiger charge is 2.14. The lowest BCUT2D eigenvalue weighted by Gasteiger charge is -2.22. The van der Waals surface area contributed by atoms with Crippen molar-refractivity contribution < 1.29 is 9.53 Å². The van der Waals surface area contributed by atoms with Gasteiger partial charge in [-0.15, -0.1) is 0 Å². The number of carbonyl (C=O) groups excluding carboxylic acids is 1. The van der Waals surface area contributed by atoms with E-state index in [1.165, 1.54) is 12.8 Å². The highest BCUT2D eigenvalue weighted by atomic mass is 16.5. The summed E-state index contributed by atoms with van der Waals surface area (Å²) in [6, 6.07) is 9.63. The maximum Gasteiger partial charge on any atom is 0.411 e. The quantitative estimate of drug-likeness (QED) is 0.844. The van der Waals surface area contributed by atoms with Crippen LogP contribution in [-0.4, -0.2) is 25.3 Å². The molecule has 4 nitrogen and oxygen atoms in total. The van der Waals surface area contributed by atoms with Gasteiger partial charge < -0.3 is 10.1 Å². The Morgan fingerprint density at radius 2 is 2.18 bits per heavy atom. The van der Waals surface area contributed by atoms with Crippen LogP contribution in [0.1, 0.15) is 19.3 Å². The van der Waals surface area contributed by atoms with Gasteiger partial charge in [-0.05, 0) is 31.5 Å². The summed E-state index contributed by atoms with van der Waals surface area (Å²) in [6.45, 7) is 1.47. The zero-order valence-corrected chi connectivity index (χ0v) is 9.82. The minimum Gasteiger partial charge on any atom is -0.448 e. The lowest BCUT2D eigenvalue weighted by atomic mass is 10.1. The number of hydrogen-bond donors (Lipinski definition) is 2. The molecule has 1 aromatic rings. The molecule has 1 amide bonds. The van der Waals surface area contributed by atoms with Crippen LogP contribution in [0.15, 0.2) is 30.3 Å². The van der Waals surface area contributed by atoms with Gasteiger partial charge in [-0.1, -0.05) is 24.6 Å². The number of piperidine rings is 1. The Bertz CT molecular complexity index is 348. The van der Waals surface area contributed by atoms with Crippen LogP contribution in [-0.2, 0) is 4.74 Å². The molecule has 0 saturated carbocycles. The van der Waals surface area contributed by atoms with Crippen molar-refractivity contribution in [2.75, 3.05) is 18.5 Å². The molecule has 0 aromatic heterocycles. The molecular formula is C13H18N2O2. The molecule has 1 aromatic carbocycles. The summed E-state index contributed by atoms with van der Waals surface area (Å²) in [7, 11) is 0.